The predicted octanol–water partition coefficient (Wildman–Crippen LogP) is 5.41. The van der Waals surface area contributed by atoms with Crippen LogP contribution in [-0.4, -0.2) is 6.54 Å². The Hall–Kier alpha value is -1.12. The Kier molecular flexibility index (Phi) is 6.01. The Morgan fingerprint density at radius 3 is 2.62 bits per heavy atom. The van der Waals surface area contributed by atoms with Crippen LogP contribution in [0.15, 0.2) is 46.9 Å². The van der Waals surface area contributed by atoms with Crippen LogP contribution in [0, 0.1) is 6.92 Å². The van der Waals surface area contributed by atoms with E-state index in [0.717, 1.165) is 23.9 Å². The summed E-state index contributed by atoms with van der Waals surface area (Å²) in [5.74, 6) is 0. The lowest BCUT2D eigenvalue weighted by Crippen LogP contribution is -2.24. The van der Waals surface area contributed by atoms with Gasteiger partial charge in [-0.25, -0.2) is 0 Å². The van der Waals surface area contributed by atoms with Crippen molar-refractivity contribution >= 4 is 15.9 Å². The topological polar surface area (TPSA) is 12.0 Å². The van der Waals surface area contributed by atoms with Gasteiger partial charge in [0.2, 0.25) is 0 Å². The van der Waals surface area contributed by atoms with Crippen LogP contribution in [0.4, 0.5) is 0 Å². The second-order valence-corrected chi connectivity index (χ2v) is 6.40. The van der Waals surface area contributed by atoms with Crippen molar-refractivity contribution in [2.45, 2.75) is 39.7 Å². The van der Waals surface area contributed by atoms with Crippen molar-refractivity contribution in [3.63, 3.8) is 0 Å². The Bertz CT molecular complexity index is 592. The van der Waals surface area contributed by atoms with Crippen LogP contribution in [0.2, 0.25) is 0 Å². The Morgan fingerprint density at radius 1 is 1.10 bits per heavy atom. The number of nitrogens with one attached hydrogen (secondary N) is 1. The molecule has 1 unspecified atom stereocenters. The monoisotopic (exact) mass is 345 g/mol. The average molecular weight is 346 g/mol. The third-order valence-corrected chi connectivity index (χ3v) is 4.34. The number of hydrogen-bond donors (Lipinski definition) is 1. The molecular weight excluding hydrogens is 322 g/mol. The van der Waals surface area contributed by atoms with Gasteiger partial charge >= 0.3 is 0 Å². The number of rotatable bonds is 6. The zero-order valence-corrected chi connectivity index (χ0v) is 14.7. The highest BCUT2D eigenvalue weighted by atomic mass is 79.9. The van der Waals surface area contributed by atoms with E-state index in [4.69, 9.17) is 0 Å². The van der Waals surface area contributed by atoms with Gasteiger partial charge in [-0.2, -0.15) is 0 Å². The number of halogens is 1. The maximum Gasteiger partial charge on any atom is 0.0579 e. The second-order valence-electron chi connectivity index (χ2n) is 5.49. The van der Waals surface area contributed by atoms with Gasteiger partial charge in [-0.3, -0.25) is 0 Å². The molecule has 0 saturated carbocycles. The lowest BCUT2D eigenvalue weighted by atomic mass is 9.93. The van der Waals surface area contributed by atoms with Crippen molar-refractivity contribution in [1.82, 2.24) is 5.32 Å². The smallest absolute Gasteiger partial charge is 0.0579 e. The quantitative estimate of drug-likeness (QED) is 0.737. The average Bonchev–Trinajstić information content (AvgIpc) is 2.51. The molecule has 0 aliphatic heterocycles. The van der Waals surface area contributed by atoms with E-state index in [0.29, 0.717) is 0 Å². The molecule has 0 fully saturated rings. The number of hydrogen-bond acceptors (Lipinski definition) is 1. The highest BCUT2D eigenvalue weighted by Gasteiger charge is 2.16. The van der Waals surface area contributed by atoms with Gasteiger partial charge in [-0.15, -0.1) is 0 Å². The Balaban J connectivity index is 2.44. The molecule has 21 heavy (non-hydrogen) atoms. The molecule has 1 atom stereocenters. The number of benzene rings is 2. The molecule has 0 spiro atoms. The normalized spacial score (nSPS) is 12.4. The molecular formula is C19H24BrN. The van der Waals surface area contributed by atoms with Gasteiger partial charge in [0.15, 0.2) is 0 Å². The van der Waals surface area contributed by atoms with Crippen molar-refractivity contribution in [2.24, 2.45) is 0 Å². The van der Waals surface area contributed by atoms with Crippen molar-refractivity contribution in [1.29, 1.82) is 0 Å². The van der Waals surface area contributed by atoms with E-state index in [1.54, 1.807) is 0 Å². The van der Waals surface area contributed by atoms with Crippen LogP contribution in [0.25, 0.3) is 0 Å². The first-order chi connectivity index (χ1) is 10.2. The fourth-order valence-corrected chi connectivity index (χ4v) is 2.99. The summed E-state index contributed by atoms with van der Waals surface area (Å²) in [5, 5.41) is 3.70. The van der Waals surface area contributed by atoms with Crippen LogP contribution < -0.4 is 5.32 Å². The van der Waals surface area contributed by atoms with E-state index in [-0.39, 0.29) is 6.04 Å². The van der Waals surface area contributed by atoms with Crippen LogP contribution in [-0.2, 0) is 6.42 Å². The van der Waals surface area contributed by atoms with Crippen molar-refractivity contribution in [3.05, 3.63) is 69.2 Å². The minimum atomic E-state index is 0.258. The molecule has 0 saturated heterocycles. The van der Waals surface area contributed by atoms with E-state index in [1.165, 1.54) is 22.3 Å². The molecule has 0 heterocycles. The molecule has 112 valence electrons. The third kappa shape index (κ3) is 4.18. The van der Waals surface area contributed by atoms with Gasteiger partial charge < -0.3 is 5.32 Å². The van der Waals surface area contributed by atoms with E-state index in [9.17, 15) is 0 Å². The van der Waals surface area contributed by atoms with E-state index in [2.05, 4.69) is 84.5 Å². The molecule has 0 amide bonds. The first kappa shape index (κ1) is 16.3. The minimum absolute atomic E-state index is 0.258. The summed E-state index contributed by atoms with van der Waals surface area (Å²) in [5.41, 5.74) is 5.42. The molecule has 0 aliphatic carbocycles. The first-order valence-corrected chi connectivity index (χ1v) is 8.53. The van der Waals surface area contributed by atoms with Crippen LogP contribution in [0.3, 0.4) is 0 Å². The van der Waals surface area contributed by atoms with Gasteiger partial charge in [-0.1, -0.05) is 60.1 Å². The maximum atomic E-state index is 3.70. The fourth-order valence-electron chi connectivity index (χ4n) is 2.61. The van der Waals surface area contributed by atoms with Crippen molar-refractivity contribution in [2.75, 3.05) is 6.54 Å². The molecule has 2 aromatic rings. The molecule has 2 heteroatoms. The molecule has 0 radical (unpaired) electrons. The maximum absolute atomic E-state index is 3.70. The largest absolute Gasteiger partial charge is 0.306 e. The number of aryl methyl sites for hydroxylation is 2. The summed E-state index contributed by atoms with van der Waals surface area (Å²) in [7, 11) is 0. The standard InChI is InChI=1S/C19H24BrN/c1-4-11-21-19(16-8-6-7-15(5-2)12-16)18-13-17(20)10-9-14(18)3/h6-10,12-13,19,21H,4-5,11H2,1-3H3. The Labute approximate surface area is 136 Å². The van der Waals surface area contributed by atoms with Crippen molar-refractivity contribution < 1.29 is 0 Å². The third-order valence-electron chi connectivity index (χ3n) is 3.84. The summed E-state index contributed by atoms with van der Waals surface area (Å²) >= 11 is 3.61. The van der Waals surface area contributed by atoms with Gasteiger partial charge in [0.25, 0.3) is 0 Å². The van der Waals surface area contributed by atoms with E-state index in [1.807, 2.05) is 0 Å². The highest BCUT2D eigenvalue weighted by molar-refractivity contribution is 9.10. The lowest BCUT2D eigenvalue weighted by molar-refractivity contribution is 0.595. The molecule has 0 aliphatic rings. The zero-order chi connectivity index (χ0) is 15.2. The van der Waals surface area contributed by atoms with Gasteiger partial charge in [0.1, 0.15) is 0 Å². The van der Waals surface area contributed by atoms with Crippen LogP contribution in [0.5, 0.6) is 0 Å². The van der Waals surface area contributed by atoms with E-state index < -0.39 is 0 Å². The van der Waals surface area contributed by atoms with Gasteiger partial charge in [-0.05, 0) is 60.7 Å². The Morgan fingerprint density at radius 2 is 1.90 bits per heavy atom. The SMILES string of the molecule is CCCNC(c1cccc(CC)c1)c1cc(Br)ccc1C. The summed E-state index contributed by atoms with van der Waals surface area (Å²) in [6.07, 6.45) is 2.21. The summed E-state index contributed by atoms with van der Waals surface area (Å²) in [4.78, 5) is 0. The van der Waals surface area contributed by atoms with Crippen LogP contribution in [0.1, 0.15) is 48.6 Å². The molecule has 1 nitrogen and oxygen atoms in total. The van der Waals surface area contributed by atoms with Gasteiger partial charge in [0, 0.05) is 4.47 Å². The molecule has 0 aromatic heterocycles. The molecule has 2 rings (SSSR count). The summed E-state index contributed by atoms with van der Waals surface area (Å²) in [6.45, 7) is 7.62. The van der Waals surface area contributed by atoms with Gasteiger partial charge in [0.05, 0.1) is 6.04 Å². The van der Waals surface area contributed by atoms with Crippen molar-refractivity contribution in [3.8, 4) is 0 Å². The highest BCUT2D eigenvalue weighted by Crippen LogP contribution is 2.28. The zero-order valence-electron chi connectivity index (χ0n) is 13.1. The summed E-state index contributed by atoms with van der Waals surface area (Å²) in [6, 6.07) is 15.7. The summed E-state index contributed by atoms with van der Waals surface area (Å²) < 4.78 is 1.14. The molecule has 1 N–H and O–H groups in total. The first-order valence-electron chi connectivity index (χ1n) is 7.74. The second kappa shape index (κ2) is 7.77. The fraction of sp³-hybridized carbons (Fsp3) is 0.368. The molecule has 0 bridgehead atoms. The predicted molar refractivity (Wildman–Crippen MR) is 94.8 cm³/mol. The minimum Gasteiger partial charge on any atom is -0.306 e. The van der Waals surface area contributed by atoms with Crippen LogP contribution >= 0.6 is 15.9 Å². The van der Waals surface area contributed by atoms with E-state index >= 15 is 0 Å². The lowest BCUT2D eigenvalue weighted by Gasteiger charge is -2.22. The molecule has 2 aromatic carbocycles.